The number of carboxylic acid groups (broad SMARTS) is 1. The van der Waals surface area contributed by atoms with E-state index >= 15 is 0 Å². The van der Waals surface area contributed by atoms with Crippen molar-refractivity contribution < 1.29 is 14.8 Å². The molecule has 0 amide bonds. The van der Waals surface area contributed by atoms with Crippen molar-refractivity contribution in [1.29, 1.82) is 0 Å². The van der Waals surface area contributed by atoms with Crippen LogP contribution in [0.1, 0.15) is 18.5 Å². The Kier molecular flexibility index (Phi) is 3.37. The van der Waals surface area contributed by atoms with Gasteiger partial charge in [0.15, 0.2) is 0 Å². The van der Waals surface area contributed by atoms with Gasteiger partial charge in [0.1, 0.15) is 11.9 Å². The first-order valence-corrected chi connectivity index (χ1v) is 4.41. The number of carboxylic acids is 1. The Morgan fingerprint density at radius 2 is 2.40 bits per heavy atom. The molecule has 0 saturated carbocycles. The van der Waals surface area contributed by atoms with E-state index in [2.05, 4.69) is 5.10 Å². The van der Waals surface area contributed by atoms with Crippen molar-refractivity contribution >= 4 is 11.7 Å². The Morgan fingerprint density at radius 3 is 2.87 bits per heavy atom. The SMILES string of the molecule is Cc1c([N+](=O)[O-])cnn1CCCC(=O)O. The fraction of sp³-hybridized carbons (Fsp3) is 0.500. The predicted octanol–water partition coefficient (Wildman–Crippen LogP) is 0.965. The summed E-state index contributed by atoms with van der Waals surface area (Å²) in [5, 5.41) is 22.7. The minimum atomic E-state index is -0.880. The molecule has 0 aliphatic heterocycles. The molecule has 0 bridgehead atoms. The molecule has 7 heteroatoms. The van der Waals surface area contributed by atoms with E-state index in [1.165, 1.54) is 10.9 Å². The van der Waals surface area contributed by atoms with E-state index in [9.17, 15) is 14.9 Å². The van der Waals surface area contributed by atoms with Crippen molar-refractivity contribution in [2.45, 2.75) is 26.3 Å². The van der Waals surface area contributed by atoms with Crippen LogP contribution in [0.5, 0.6) is 0 Å². The maximum Gasteiger partial charge on any atom is 0.309 e. The summed E-state index contributed by atoms with van der Waals surface area (Å²) in [5.74, 6) is -0.880. The Bertz CT molecular complexity index is 385. The van der Waals surface area contributed by atoms with E-state index in [4.69, 9.17) is 5.11 Å². The summed E-state index contributed by atoms with van der Waals surface area (Å²) < 4.78 is 1.45. The number of nitro groups is 1. The van der Waals surface area contributed by atoms with Gasteiger partial charge in [-0.15, -0.1) is 0 Å². The van der Waals surface area contributed by atoms with Gasteiger partial charge in [-0.25, -0.2) is 0 Å². The molecule has 0 saturated heterocycles. The molecular formula is C8H11N3O4. The van der Waals surface area contributed by atoms with E-state index in [-0.39, 0.29) is 12.1 Å². The third-order valence-corrected chi connectivity index (χ3v) is 2.03. The Morgan fingerprint density at radius 1 is 1.73 bits per heavy atom. The summed E-state index contributed by atoms with van der Waals surface area (Å²) >= 11 is 0. The molecule has 0 aliphatic carbocycles. The van der Waals surface area contributed by atoms with E-state index < -0.39 is 10.9 Å². The summed E-state index contributed by atoms with van der Waals surface area (Å²) in [4.78, 5) is 20.2. The fourth-order valence-electron chi connectivity index (χ4n) is 1.22. The van der Waals surface area contributed by atoms with Crippen LogP contribution in [0.15, 0.2) is 6.20 Å². The van der Waals surface area contributed by atoms with Gasteiger partial charge in [-0.2, -0.15) is 5.10 Å². The van der Waals surface area contributed by atoms with Gasteiger partial charge in [0.05, 0.1) is 4.92 Å². The van der Waals surface area contributed by atoms with Crippen molar-refractivity contribution in [2.24, 2.45) is 0 Å². The van der Waals surface area contributed by atoms with Gasteiger partial charge in [0.2, 0.25) is 0 Å². The first kappa shape index (κ1) is 11.2. The summed E-state index contributed by atoms with van der Waals surface area (Å²) in [6.45, 7) is 1.97. The third kappa shape index (κ3) is 2.76. The monoisotopic (exact) mass is 213 g/mol. The quantitative estimate of drug-likeness (QED) is 0.580. The molecule has 1 aromatic heterocycles. The second-order valence-electron chi connectivity index (χ2n) is 3.09. The van der Waals surface area contributed by atoms with Crippen LogP contribution < -0.4 is 0 Å². The van der Waals surface area contributed by atoms with Gasteiger partial charge in [-0.05, 0) is 13.3 Å². The van der Waals surface area contributed by atoms with Crippen molar-refractivity contribution in [3.8, 4) is 0 Å². The van der Waals surface area contributed by atoms with Crippen LogP contribution in [0.4, 0.5) is 5.69 Å². The average Bonchev–Trinajstić information content (AvgIpc) is 2.47. The highest BCUT2D eigenvalue weighted by Gasteiger charge is 2.15. The van der Waals surface area contributed by atoms with Gasteiger partial charge in [-0.3, -0.25) is 19.6 Å². The molecule has 1 rings (SSSR count). The van der Waals surface area contributed by atoms with Crippen LogP contribution in [-0.4, -0.2) is 25.8 Å². The lowest BCUT2D eigenvalue weighted by Crippen LogP contribution is -2.05. The van der Waals surface area contributed by atoms with Crippen molar-refractivity contribution in [2.75, 3.05) is 0 Å². The Balaban J connectivity index is 2.63. The summed E-state index contributed by atoms with van der Waals surface area (Å²) in [7, 11) is 0. The Hall–Kier alpha value is -1.92. The summed E-state index contributed by atoms with van der Waals surface area (Å²) in [6.07, 6.45) is 1.62. The van der Waals surface area contributed by atoms with Crippen LogP contribution in [0, 0.1) is 17.0 Å². The lowest BCUT2D eigenvalue weighted by molar-refractivity contribution is -0.385. The zero-order chi connectivity index (χ0) is 11.4. The van der Waals surface area contributed by atoms with Crippen LogP contribution in [0.25, 0.3) is 0 Å². The average molecular weight is 213 g/mol. The lowest BCUT2D eigenvalue weighted by atomic mass is 10.3. The molecule has 0 atom stereocenters. The third-order valence-electron chi connectivity index (χ3n) is 2.03. The molecule has 0 aliphatic rings. The van der Waals surface area contributed by atoms with E-state index in [0.717, 1.165) is 0 Å². The van der Waals surface area contributed by atoms with Crippen molar-refractivity contribution in [3.05, 3.63) is 22.0 Å². The van der Waals surface area contributed by atoms with E-state index in [1.54, 1.807) is 6.92 Å². The second-order valence-corrected chi connectivity index (χ2v) is 3.09. The topological polar surface area (TPSA) is 98.3 Å². The summed E-state index contributed by atoms with van der Waals surface area (Å²) in [5.41, 5.74) is 0.413. The molecule has 1 heterocycles. The molecule has 0 radical (unpaired) electrons. The van der Waals surface area contributed by atoms with Gasteiger partial charge < -0.3 is 5.11 Å². The van der Waals surface area contributed by atoms with Gasteiger partial charge in [-0.1, -0.05) is 0 Å². The maximum absolute atomic E-state index is 10.5. The van der Waals surface area contributed by atoms with Crippen LogP contribution in [-0.2, 0) is 11.3 Å². The molecule has 1 aromatic rings. The molecule has 0 aromatic carbocycles. The number of rotatable bonds is 5. The van der Waals surface area contributed by atoms with Crippen LogP contribution in [0.2, 0.25) is 0 Å². The largest absolute Gasteiger partial charge is 0.481 e. The number of hydrogen-bond acceptors (Lipinski definition) is 4. The number of aliphatic carboxylic acids is 1. The van der Waals surface area contributed by atoms with E-state index in [1.807, 2.05) is 0 Å². The molecule has 0 spiro atoms. The minimum absolute atomic E-state index is 0.0348. The molecule has 15 heavy (non-hydrogen) atoms. The van der Waals surface area contributed by atoms with Crippen LogP contribution >= 0.6 is 0 Å². The Labute approximate surface area is 85.5 Å². The summed E-state index contributed by atoms with van der Waals surface area (Å²) in [6, 6.07) is 0. The highest BCUT2D eigenvalue weighted by Crippen LogP contribution is 2.16. The number of aromatic nitrogens is 2. The van der Waals surface area contributed by atoms with Gasteiger partial charge >= 0.3 is 11.7 Å². The number of carbonyl (C=O) groups is 1. The predicted molar refractivity (Wildman–Crippen MR) is 50.5 cm³/mol. The highest BCUT2D eigenvalue weighted by molar-refractivity contribution is 5.66. The first-order chi connectivity index (χ1) is 7.02. The van der Waals surface area contributed by atoms with E-state index in [0.29, 0.717) is 18.7 Å². The first-order valence-electron chi connectivity index (χ1n) is 4.41. The molecule has 82 valence electrons. The molecular weight excluding hydrogens is 202 g/mol. The zero-order valence-electron chi connectivity index (χ0n) is 8.21. The zero-order valence-corrected chi connectivity index (χ0v) is 8.21. The molecule has 7 nitrogen and oxygen atoms in total. The fourth-order valence-corrected chi connectivity index (χ4v) is 1.22. The lowest BCUT2D eigenvalue weighted by Gasteiger charge is -2.01. The van der Waals surface area contributed by atoms with Crippen molar-refractivity contribution in [1.82, 2.24) is 9.78 Å². The number of nitrogens with zero attached hydrogens (tertiary/aromatic N) is 3. The van der Waals surface area contributed by atoms with Crippen LogP contribution in [0.3, 0.4) is 0 Å². The molecule has 0 fully saturated rings. The van der Waals surface area contributed by atoms with Gasteiger partial charge in [0.25, 0.3) is 0 Å². The standard InChI is InChI=1S/C8H11N3O4/c1-6-7(11(14)15)5-9-10(6)4-2-3-8(12)13/h5H,2-4H2,1H3,(H,12,13). The highest BCUT2D eigenvalue weighted by atomic mass is 16.6. The maximum atomic E-state index is 10.5. The van der Waals surface area contributed by atoms with Crippen molar-refractivity contribution in [3.63, 3.8) is 0 Å². The minimum Gasteiger partial charge on any atom is -0.481 e. The normalized spacial score (nSPS) is 10.2. The number of aryl methyl sites for hydroxylation is 1. The smallest absolute Gasteiger partial charge is 0.309 e. The second kappa shape index (κ2) is 4.54. The molecule has 1 N–H and O–H groups in total. The molecule has 0 unspecified atom stereocenters. The van der Waals surface area contributed by atoms with Gasteiger partial charge in [0, 0.05) is 13.0 Å². The number of hydrogen-bond donors (Lipinski definition) is 1.